The number of benzene rings is 6. The van der Waals surface area contributed by atoms with Gasteiger partial charge in [0.05, 0.1) is 37.7 Å². The normalized spacial score (nSPS) is 14.8. The molecule has 1 aliphatic heterocycles. The van der Waals surface area contributed by atoms with Crippen LogP contribution in [0.25, 0.3) is 9.72 Å². The van der Waals surface area contributed by atoms with Crippen molar-refractivity contribution in [3.8, 4) is 34.5 Å². The van der Waals surface area contributed by atoms with Crippen molar-refractivity contribution >= 4 is 119 Å². The molecule has 1 heterocycles. The third kappa shape index (κ3) is 71.4. The van der Waals surface area contributed by atoms with Crippen LogP contribution in [-0.4, -0.2) is 203 Å². The Kier molecular flexibility index (Phi) is 81.7. The molecule has 708 valence electrons. The Hall–Kier alpha value is 10.6. The molecule has 1 atom stereocenters. The van der Waals surface area contributed by atoms with Crippen molar-refractivity contribution in [1.29, 1.82) is 0 Å². The van der Waals surface area contributed by atoms with Crippen LogP contribution in [0.15, 0.2) is 150 Å². The molecule has 0 radical (unpaired) electrons. The molecule has 6 aromatic rings. The first-order valence-corrected chi connectivity index (χ1v) is 61.6. The van der Waals surface area contributed by atoms with Gasteiger partial charge in [-0.2, -0.15) is 4.86 Å². The average Bonchev–Trinajstić information content (AvgIpc) is 0.727. The fourth-order valence-corrected chi connectivity index (χ4v) is 30.7. The van der Waals surface area contributed by atoms with Crippen LogP contribution in [-0.2, 0) is 38.5 Å². The van der Waals surface area contributed by atoms with E-state index in [1.807, 2.05) is 0 Å². The van der Waals surface area contributed by atoms with E-state index in [4.69, 9.17) is 41.4 Å². The van der Waals surface area contributed by atoms with Crippen LogP contribution in [0.1, 0.15) is 33.4 Å². The van der Waals surface area contributed by atoms with E-state index in [1.54, 1.807) is 0 Å². The van der Waals surface area contributed by atoms with Gasteiger partial charge >= 0.3 is 370 Å². The summed E-state index contributed by atoms with van der Waals surface area (Å²) in [5.74, 6) is -2.01. The zero-order valence-corrected chi connectivity index (χ0v) is 115. The summed E-state index contributed by atoms with van der Waals surface area (Å²) in [6.45, 7) is -2.92. The Morgan fingerprint density at radius 3 is 0.543 bits per heavy atom. The van der Waals surface area contributed by atoms with Crippen LogP contribution >= 0.6 is 119 Å². The molecule has 6 aromatic carbocycles. The summed E-state index contributed by atoms with van der Waals surface area (Å²) in [6, 6.07) is 30.4. The SMILES string of the molecule is [Na+].[Na+].[Na+].[Na+].[Na+].[Na+].[Na+].[Na+].[Na+].[Na+].[Na+].[Na+].[O-][P+]([O-])([O-])CN(CCc1ccc(OP2(Oc3ccc(CCN(C[P+]([O-])(O)O)C[P+]([O-])(O)O)cc3)=N[P+](Oc3ccc(CCN(C[P+]([O-])(O)O)C[P+]([O-])(O)O)cc3)(Oc3ccc(CCN(C[P+]([O-])(O)O)C[P+]([O-])(O)O)cc3)[N-][P+](Oc3ccc(CCN(C[P+]([O-])([O-])[O-])C[P+]([O-])([O-])[O-])cc3)(Oc3ccc(CCN(C[P+]([O-])([O-])[O-])C[P+]([O-])([O-])[O-])cc3)[N-]2)cc1)C[P+]([O-])([O-])[O-]. The van der Waals surface area contributed by atoms with Gasteiger partial charge in [-0.05, 0) is 149 Å². The largest absolute Gasteiger partial charge is 1.00 e. The van der Waals surface area contributed by atoms with Crippen LogP contribution in [0.5, 0.6) is 34.5 Å². The summed E-state index contributed by atoms with van der Waals surface area (Å²) < 4.78 is 46.6. The van der Waals surface area contributed by atoms with E-state index in [-0.39, 0.29) is 461 Å². The molecular formula is C60H84N9Na12O42P15. The summed E-state index contributed by atoms with van der Waals surface area (Å²) in [5.41, 5.74) is 1.42. The molecule has 51 nitrogen and oxygen atoms in total. The Balaban J connectivity index is -0.00000363. The van der Waals surface area contributed by atoms with Gasteiger partial charge in [-0.3, -0.25) is 9.05 Å². The predicted molar refractivity (Wildman–Crippen MR) is 423 cm³/mol. The van der Waals surface area contributed by atoms with Crippen molar-refractivity contribution in [1.82, 2.24) is 29.4 Å². The van der Waals surface area contributed by atoms with E-state index in [9.17, 15) is 176 Å². The van der Waals surface area contributed by atoms with Gasteiger partial charge in [0.2, 0.25) is 47.7 Å². The number of hydrogen-bond donors (Lipinski definition) is 12. The minimum Gasteiger partial charge on any atom is -0.687 e. The molecule has 1 aliphatic rings. The van der Waals surface area contributed by atoms with Gasteiger partial charge in [0.25, 0.3) is 8.02 Å². The third-order valence-corrected chi connectivity index (χ3v) is 33.6. The van der Waals surface area contributed by atoms with E-state index in [0.717, 1.165) is 14.7 Å². The predicted octanol–water partition coefficient (Wildman–Crippen LogP) is -49.2. The van der Waals surface area contributed by atoms with Gasteiger partial charge in [0.15, 0.2) is 60.7 Å². The maximum absolute atomic E-state index is 12.2. The minimum atomic E-state index is -5.53. The van der Waals surface area contributed by atoms with E-state index in [1.165, 1.54) is 146 Å². The van der Waals surface area contributed by atoms with Gasteiger partial charge in [0, 0.05) is 39.3 Å². The van der Waals surface area contributed by atoms with Crippen molar-refractivity contribution in [2.75, 3.05) is 115 Å². The monoisotopic (exact) mass is 2340 g/mol. The quantitative estimate of drug-likeness (QED) is 0.0125. The Labute approximate surface area is 1070 Å². The molecule has 0 amide bonds. The third-order valence-electron chi connectivity index (χ3n) is 16.4. The van der Waals surface area contributed by atoms with Crippen molar-refractivity contribution in [2.45, 2.75) is 38.5 Å². The van der Waals surface area contributed by atoms with E-state index < -0.39 is 234 Å². The molecule has 12 N–H and O–H groups in total. The van der Waals surface area contributed by atoms with Gasteiger partial charge in [-0.1, -0.05) is 72.8 Å². The minimum absolute atomic E-state index is 0. The fourth-order valence-electron chi connectivity index (χ4n) is 11.8. The molecule has 1 unspecified atom stereocenters. The van der Waals surface area contributed by atoms with Gasteiger partial charge in [-0.15, -0.1) is 47.7 Å². The average molecular weight is 2340 g/mol. The van der Waals surface area contributed by atoms with E-state index in [2.05, 4.69) is 0 Å². The second-order valence-electron chi connectivity index (χ2n) is 28.4. The number of hydrogen-bond acceptors (Lipinski definition) is 49. The van der Waals surface area contributed by atoms with Crippen LogP contribution < -0.4 is 499 Å². The molecule has 78 heteroatoms. The maximum atomic E-state index is 12.2. The maximum Gasteiger partial charge on any atom is 1.00 e. The second-order valence-corrected chi connectivity index (χ2v) is 53.3. The van der Waals surface area contributed by atoms with Crippen molar-refractivity contribution in [3.05, 3.63) is 189 Å². The standard InChI is InChI=1S/C60H96N9O42P15.12Na/c70-112(71,72)37-64(38-113(73,74)75)31-25-49-1-13-55(14-2-49)106-124(107-56-15-3-50(4-16-56)26-32-65(39-114(76,77)78)40-115(79,80)81)61-125(108-57-17-5-51(6-18-57)27-33-66(41-116(82,83)84)42-117(85,86)87,109-58-19-7-52(8-20-58)28-34-67(43-118(88,89)90)44-119(91,92)93)63-126(62-124,110-59-21-9-53(10-22-59)29-35-68(45-120(94,95)96)46-121(97,98)99)111-60-23-11-54(12-24-60)30-36-69(47-122(100,101)102)48-123(103,104)105;;;;;;;;;;;;/h1-24H,25-48H2,(H2,70,71,72)(H2,73,74,75)(H2,76,77,78)(H2,79,80,81)(H2,82,83,84)(H2,85,86,87)(H2,88,89,90)(H2,91,92,93)(H2,94,95,96)(H2,97,98,99)(H2,100,101,102)(H2,103,104,105);;;;;;;;;;;;/q;12*+1/p-12. The van der Waals surface area contributed by atoms with Crippen molar-refractivity contribution in [2.24, 2.45) is 4.52 Å². The molecule has 138 heavy (non-hydrogen) atoms. The van der Waals surface area contributed by atoms with Crippen LogP contribution in [0, 0.1) is 0 Å². The molecule has 0 aliphatic carbocycles. The van der Waals surface area contributed by atoms with E-state index in [0.29, 0.717) is 14.7 Å². The first-order valence-electron chi connectivity index (χ1n) is 35.8. The first-order chi connectivity index (χ1) is 57.5. The van der Waals surface area contributed by atoms with Gasteiger partial charge in [-0.25, -0.2) is 88.1 Å². The molecule has 0 saturated heterocycles. The Morgan fingerprint density at radius 2 is 0.384 bits per heavy atom. The van der Waals surface area contributed by atoms with Crippen molar-refractivity contribution < 1.29 is 558 Å². The second kappa shape index (κ2) is 70.9. The smallest absolute Gasteiger partial charge is 0.687 e. The summed E-state index contributed by atoms with van der Waals surface area (Å²) in [5, 5.41) is 0. The molecular weight excluding hydrogens is 2260 g/mol. The van der Waals surface area contributed by atoms with E-state index >= 15 is 0 Å². The molecule has 0 bridgehead atoms. The summed E-state index contributed by atoms with van der Waals surface area (Å²) >= 11 is 0. The zero-order valence-electron chi connectivity index (χ0n) is 77.2. The molecule has 0 fully saturated rings. The molecule has 0 saturated carbocycles. The van der Waals surface area contributed by atoms with Crippen molar-refractivity contribution in [3.63, 3.8) is 0 Å². The summed E-state index contributed by atoms with van der Waals surface area (Å²) in [4.78, 5) is 420. The topological polar surface area (TPSA) is 912 Å². The summed E-state index contributed by atoms with van der Waals surface area (Å²) in [6.07, 6.45) is -16.7. The molecule has 0 aromatic heterocycles. The fraction of sp³-hybridized carbons (Fsp3) is 0.400. The Bertz CT molecular complexity index is 4070. The first kappa shape index (κ1) is 159. The van der Waals surface area contributed by atoms with Gasteiger partial charge < -0.3 is 140 Å². The number of rotatable bonds is 54. The van der Waals surface area contributed by atoms with Gasteiger partial charge in [0.1, 0.15) is 11.5 Å². The van der Waals surface area contributed by atoms with Crippen LogP contribution in [0.3, 0.4) is 0 Å². The zero-order chi connectivity index (χ0) is 94.2. The summed E-state index contributed by atoms with van der Waals surface area (Å²) in [7, 11) is -78.9. The van der Waals surface area contributed by atoms with Crippen LogP contribution in [0.4, 0.5) is 0 Å². The Morgan fingerprint density at radius 1 is 0.232 bits per heavy atom. The molecule has 7 rings (SSSR count). The number of nitrogens with zero attached hydrogens (tertiary/aromatic N) is 9. The van der Waals surface area contributed by atoms with Crippen LogP contribution in [0.2, 0.25) is 0 Å². The molecule has 0 spiro atoms.